The first-order chi connectivity index (χ1) is 17.1. The molecule has 12 heteroatoms. The number of rotatable bonds is 13. The number of anilines is 1. The number of amides is 2. The molecule has 0 fully saturated rings. The van der Waals surface area contributed by atoms with Crippen LogP contribution in [0.3, 0.4) is 0 Å². The monoisotopic (exact) mass is 537 g/mol. The van der Waals surface area contributed by atoms with Crippen LogP contribution in [0, 0.1) is 11.3 Å². The lowest BCUT2D eigenvalue weighted by molar-refractivity contribution is -0.132. The maximum absolute atomic E-state index is 13.1. The van der Waals surface area contributed by atoms with Crippen LogP contribution in [0.1, 0.15) is 25.0 Å². The molecule has 2 rings (SSSR count). The minimum Gasteiger partial charge on any atom is -0.493 e. The third kappa shape index (κ3) is 8.81. The number of ether oxygens (including phenoxy) is 2. The lowest BCUT2D eigenvalue weighted by Gasteiger charge is -2.27. The Bertz CT molecular complexity index is 1070. The van der Waals surface area contributed by atoms with Crippen molar-refractivity contribution in [2.45, 2.75) is 38.6 Å². The van der Waals surface area contributed by atoms with Crippen LogP contribution >= 0.6 is 12.4 Å². The Morgan fingerprint density at radius 3 is 2.27 bits per heavy atom. The molecule has 0 aliphatic heterocycles. The Morgan fingerprint density at radius 1 is 1.03 bits per heavy atom. The predicted molar refractivity (Wildman–Crippen MR) is 143 cm³/mol. The summed E-state index contributed by atoms with van der Waals surface area (Å²) in [5, 5.41) is 35.7. The standard InChI is InChI=1S/C25H35N5O6.ClH/c1-14(2)21(24(33)28-12-15-8-9-19(35-3)20(10-15)36-4)30-25(34)22(18(32)13-31)29-17-7-5-6-16(11-17)23(26)27;/h5-11,14,18,21-22,29,31-32H,12-13H2,1-4H3,(H3,26,27)(H,28,33)(H,30,34);1H. The highest BCUT2D eigenvalue weighted by Crippen LogP contribution is 2.27. The number of aliphatic hydroxyl groups is 2. The Kier molecular flexibility index (Phi) is 12.7. The largest absolute Gasteiger partial charge is 0.493 e. The minimum absolute atomic E-state index is 0. The molecular weight excluding hydrogens is 502 g/mol. The van der Waals surface area contributed by atoms with Crippen molar-refractivity contribution in [3.05, 3.63) is 53.6 Å². The van der Waals surface area contributed by atoms with Crippen molar-refractivity contribution < 1.29 is 29.3 Å². The fourth-order valence-electron chi connectivity index (χ4n) is 3.47. The van der Waals surface area contributed by atoms with E-state index in [2.05, 4.69) is 16.0 Å². The molecule has 0 spiro atoms. The van der Waals surface area contributed by atoms with Gasteiger partial charge in [-0.2, -0.15) is 0 Å². The molecule has 2 aromatic rings. The molecular formula is C25H36ClN5O6. The van der Waals surface area contributed by atoms with E-state index in [0.29, 0.717) is 22.7 Å². The van der Waals surface area contributed by atoms with Crippen LogP contribution < -0.4 is 31.2 Å². The molecule has 204 valence electrons. The van der Waals surface area contributed by atoms with Gasteiger partial charge in [0.25, 0.3) is 0 Å². The smallest absolute Gasteiger partial charge is 0.245 e. The number of nitrogens with one attached hydrogen (secondary N) is 4. The predicted octanol–water partition coefficient (Wildman–Crippen LogP) is 1.00. The molecule has 0 heterocycles. The molecule has 0 saturated carbocycles. The van der Waals surface area contributed by atoms with Crippen molar-refractivity contribution in [1.82, 2.24) is 10.6 Å². The molecule has 0 radical (unpaired) electrons. The second-order valence-electron chi connectivity index (χ2n) is 8.50. The van der Waals surface area contributed by atoms with Crippen molar-refractivity contribution in [1.29, 1.82) is 5.41 Å². The summed E-state index contributed by atoms with van der Waals surface area (Å²) in [6.07, 6.45) is -1.45. The van der Waals surface area contributed by atoms with Crippen molar-refractivity contribution >= 4 is 35.7 Å². The van der Waals surface area contributed by atoms with Crippen molar-refractivity contribution in [2.75, 3.05) is 26.1 Å². The average molecular weight is 538 g/mol. The SMILES string of the molecule is COc1ccc(CNC(=O)C(NC(=O)C(Nc2cccc(C(=N)N)c2)C(O)CO)C(C)C)cc1OC.Cl. The van der Waals surface area contributed by atoms with Crippen LogP contribution in [0.2, 0.25) is 0 Å². The molecule has 2 amide bonds. The van der Waals surface area contributed by atoms with Gasteiger partial charge in [0.2, 0.25) is 11.8 Å². The maximum Gasteiger partial charge on any atom is 0.245 e. The summed E-state index contributed by atoms with van der Waals surface area (Å²) >= 11 is 0. The van der Waals surface area contributed by atoms with E-state index in [4.69, 9.17) is 20.6 Å². The maximum atomic E-state index is 13.1. The topological polar surface area (TPSA) is 179 Å². The average Bonchev–Trinajstić information content (AvgIpc) is 2.87. The van der Waals surface area contributed by atoms with Gasteiger partial charge >= 0.3 is 0 Å². The summed E-state index contributed by atoms with van der Waals surface area (Å²) < 4.78 is 10.5. The zero-order valence-corrected chi connectivity index (χ0v) is 22.1. The van der Waals surface area contributed by atoms with Crippen LogP contribution in [0.25, 0.3) is 0 Å². The first-order valence-electron chi connectivity index (χ1n) is 11.4. The van der Waals surface area contributed by atoms with Gasteiger partial charge in [-0.15, -0.1) is 12.4 Å². The van der Waals surface area contributed by atoms with Gasteiger partial charge in [0.15, 0.2) is 11.5 Å². The fourth-order valence-corrected chi connectivity index (χ4v) is 3.47. The Balaban J connectivity index is 0.00000684. The molecule has 0 aromatic heterocycles. The molecule has 11 nitrogen and oxygen atoms in total. The molecule has 2 aromatic carbocycles. The highest BCUT2D eigenvalue weighted by Gasteiger charge is 2.31. The van der Waals surface area contributed by atoms with E-state index in [1.54, 1.807) is 56.3 Å². The van der Waals surface area contributed by atoms with Crippen molar-refractivity contribution in [2.24, 2.45) is 11.7 Å². The van der Waals surface area contributed by atoms with E-state index in [0.717, 1.165) is 5.56 Å². The van der Waals surface area contributed by atoms with Gasteiger partial charge in [-0.25, -0.2) is 0 Å². The van der Waals surface area contributed by atoms with E-state index in [9.17, 15) is 19.8 Å². The Labute approximate surface area is 222 Å². The highest BCUT2D eigenvalue weighted by atomic mass is 35.5. The summed E-state index contributed by atoms with van der Waals surface area (Å²) in [4.78, 5) is 26.1. The van der Waals surface area contributed by atoms with E-state index < -0.39 is 36.6 Å². The first-order valence-corrected chi connectivity index (χ1v) is 11.4. The number of benzene rings is 2. The number of hydrogen-bond donors (Lipinski definition) is 7. The number of nitrogen functional groups attached to an aromatic ring is 1. The normalized spacial score (nSPS) is 12.9. The number of methoxy groups -OCH3 is 2. The number of halogens is 1. The lowest BCUT2D eigenvalue weighted by atomic mass is 10.0. The van der Waals surface area contributed by atoms with Crippen molar-refractivity contribution in [3.63, 3.8) is 0 Å². The molecule has 0 bridgehead atoms. The number of nitrogens with two attached hydrogens (primary N) is 1. The summed E-state index contributed by atoms with van der Waals surface area (Å²) in [5.41, 5.74) is 7.13. The number of carbonyl (C=O) groups excluding carboxylic acids is 2. The third-order valence-electron chi connectivity index (χ3n) is 5.51. The summed E-state index contributed by atoms with van der Waals surface area (Å²) in [7, 11) is 3.05. The molecule has 0 aliphatic carbocycles. The fraction of sp³-hybridized carbons (Fsp3) is 0.400. The van der Waals surface area contributed by atoms with Crippen LogP contribution in [0.15, 0.2) is 42.5 Å². The minimum atomic E-state index is -1.45. The number of hydrogen-bond acceptors (Lipinski definition) is 8. The second-order valence-corrected chi connectivity index (χ2v) is 8.50. The van der Waals surface area contributed by atoms with E-state index in [-0.39, 0.29) is 30.7 Å². The van der Waals surface area contributed by atoms with Gasteiger partial charge in [0.05, 0.1) is 20.8 Å². The van der Waals surface area contributed by atoms with E-state index >= 15 is 0 Å². The lowest BCUT2D eigenvalue weighted by Crippen LogP contribution is -2.56. The van der Waals surface area contributed by atoms with Gasteiger partial charge in [0.1, 0.15) is 24.0 Å². The van der Waals surface area contributed by atoms with Crippen molar-refractivity contribution in [3.8, 4) is 11.5 Å². The van der Waals surface area contributed by atoms with Crippen LogP contribution in [0.5, 0.6) is 11.5 Å². The van der Waals surface area contributed by atoms with Gasteiger partial charge < -0.3 is 41.4 Å². The number of amidine groups is 1. The zero-order chi connectivity index (χ0) is 26.8. The Hall–Kier alpha value is -3.54. The van der Waals surface area contributed by atoms with Gasteiger partial charge in [-0.05, 0) is 35.7 Å². The molecule has 3 atom stereocenters. The third-order valence-corrected chi connectivity index (χ3v) is 5.51. The second kappa shape index (κ2) is 14.9. The van der Waals surface area contributed by atoms with Crippen LogP contribution in [0.4, 0.5) is 5.69 Å². The number of aliphatic hydroxyl groups excluding tert-OH is 2. The summed E-state index contributed by atoms with van der Waals surface area (Å²) in [6.45, 7) is 3.07. The zero-order valence-electron chi connectivity index (χ0n) is 21.3. The molecule has 8 N–H and O–H groups in total. The van der Waals surface area contributed by atoms with Gasteiger partial charge in [-0.3, -0.25) is 15.0 Å². The van der Waals surface area contributed by atoms with Crippen LogP contribution in [-0.4, -0.2) is 66.9 Å². The van der Waals surface area contributed by atoms with E-state index in [1.807, 2.05) is 0 Å². The molecule has 3 unspecified atom stereocenters. The molecule has 0 saturated heterocycles. The number of carbonyl (C=O) groups is 2. The molecule has 37 heavy (non-hydrogen) atoms. The first kappa shape index (κ1) is 31.5. The Morgan fingerprint density at radius 2 is 1.70 bits per heavy atom. The van der Waals surface area contributed by atoms with Gasteiger partial charge in [0, 0.05) is 17.8 Å². The summed E-state index contributed by atoms with van der Waals surface area (Å²) in [5.74, 6) is -0.428. The van der Waals surface area contributed by atoms with Gasteiger partial charge in [-0.1, -0.05) is 32.0 Å². The summed E-state index contributed by atoms with van der Waals surface area (Å²) in [6, 6.07) is 9.53. The van der Waals surface area contributed by atoms with Crippen LogP contribution in [-0.2, 0) is 16.1 Å². The molecule has 0 aliphatic rings. The highest BCUT2D eigenvalue weighted by molar-refractivity contribution is 5.96. The van der Waals surface area contributed by atoms with E-state index in [1.165, 1.54) is 14.2 Å². The quantitative estimate of drug-likeness (QED) is 0.146.